The van der Waals surface area contributed by atoms with Crippen molar-refractivity contribution in [3.8, 4) is 0 Å². The van der Waals surface area contributed by atoms with Crippen molar-refractivity contribution in [1.82, 2.24) is 19.6 Å². The van der Waals surface area contributed by atoms with Crippen LogP contribution in [0.1, 0.15) is 35.1 Å². The minimum atomic E-state index is -4.55. The number of rotatable bonds is 10. The van der Waals surface area contributed by atoms with Crippen LogP contribution in [0.5, 0.6) is 0 Å². The highest BCUT2D eigenvalue weighted by Crippen LogP contribution is 2.37. The number of piperidine rings is 1. The van der Waals surface area contributed by atoms with Crippen LogP contribution in [0.15, 0.2) is 48.7 Å². The molecule has 2 amide bonds. The average Bonchev–Trinajstić information content (AvgIpc) is 3.39. The number of ether oxygens (including phenoxy) is 1. The lowest BCUT2D eigenvalue weighted by molar-refractivity contribution is -0.138. The van der Waals surface area contributed by atoms with Gasteiger partial charge in [0.2, 0.25) is 0 Å². The van der Waals surface area contributed by atoms with Gasteiger partial charge in [-0.3, -0.25) is 9.58 Å². The SMILES string of the molecule is COCCN(C)CCn1cc2c(n1)N(Cc1ccccc1C(F)(F)F)C(=O)N(C1CCN(c3c(C)cccc3F)CC1)C2. The zero-order valence-corrected chi connectivity index (χ0v) is 24.8. The van der Waals surface area contributed by atoms with Crippen molar-refractivity contribution in [1.29, 1.82) is 0 Å². The number of urea groups is 1. The van der Waals surface area contributed by atoms with E-state index in [2.05, 4.69) is 10.00 Å². The smallest absolute Gasteiger partial charge is 0.383 e. The predicted octanol–water partition coefficient (Wildman–Crippen LogP) is 5.54. The molecule has 0 aliphatic carbocycles. The molecule has 232 valence electrons. The van der Waals surface area contributed by atoms with Crippen molar-refractivity contribution in [2.24, 2.45) is 0 Å². The summed E-state index contributed by atoms with van der Waals surface area (Å²) in [5.41, 5.74) is 1.46. The van der Waals surface area contributed by atoms with E-state index in [9.17, 15) is 22.4 Å². The summed E-state index contributed by atoms with van der Waals surface area (Å²) in [6, 6.07) is 9.85. The van der Waals surface area contributed by atoms with Gasteiger partial charge in [0.1, 0.15) is 5.82 Å². The number of anilines is 2. The fourth-order valence-corrected chi connectivity index (χ4v) is 5.99. The Labute approximate surface area is 249 Å². The molecule has 0 bridgehead atoms. The number of carbonyl (C=O) groups is 1. The molecule has 43 heavy (non-hydrogen) atoms. The van der Waals surface area contributed by atoms with Gasteiger partial charge < -0.3 is 19.4 Å². The number of hydrogen-bond acceptors (Lipinski definition) is 5. The molecule has 0 N–H and O–H groups in total. The summed E-state index contributed by atoms with van der Waals surface area (Å²) in [5.74, 6) is 0.115. The van der Waals surface area contributed by atoms with Crippen molar-refractivity contribution < 1.29 is 27.1 Å². The number of aromatic nitrogens is 2. The third kappa shape index (κ3) is 6.80. The second-order valence-electron chi connectivity index (χ2n) is 11.3. The van der Waals surface area contributed by atoms with E-state index in [0.29, 0.717) is 63.7 Å². The maximum atomic E-state index is 14.7. The van der Waals surface area contributed by atoms with Gasteiger partial charge in [-0.05, 0) is 50.1 Å². The van der Waals surface area contributed by atoms with Gasteiger partial charge in [-0.25, -0.2) is 9.18 Å². The van der Waals surface area contributed by atoms with E-state index in [1.165, 1.54) is 23.1 Å². The number of methoxy groups -OCH3 is 1. The first-order chi connectivity index (χ1) is 20.6. The van der Waals surface area contributed by atoms with E-state index >= 15 is 0 Å². The van der Waals surface area contributed by atoms with Crippen LogP contribution in [0.2, 0.25) is 0 Å². The Morgan fingerprint density at radius 1 is 1.07 bits per heavy atom. The first kappa shape index (κ1) is 30.8. The second kappa shape index (κ2) is 12.9. The molecule has 0 radical (unpaired) electrons. The lowest BCUT2D eigenvalue weighted by atomic mass is 10.00. The lowest BCUT2D eigenvalue weighted by Crippen LogP contribution is -2.54. The van der Waals surface area contributed by atoms with E-state index < -0.39 is 11.7 Å². The van der Waals surface area contributed by atoms with Crippen LogP contribution in [-0.2, 0) is 30.5 Å². The average molecular weight is 603 g/mol. The van der Waals surface area contributed by atoms with Crippen LogP contribution < -0.4 is 9.80 Å². The quantitative estimate of drug-likeness (QED) is 0.286. The molecule has 0 atom stereocenters. The Bertz CT molecular complexity index is 1400. The summed E-state index contributed by atoms with van der Waals surface area (Å²) in [5, 5.41) is 4.68. The number of amides is 2. The van der Waals surface area contributed by atoms with Crippen molar-refractivity contribution in [2.45, 2.75) is 51.6 Å². The third-order valence-corrected chi connectivity index (χ3v) is 8.34. The predicted molar refractivity (Wildman–Crippen MR) is 157 cm³/mol. The summed E-state index contributed by atoms with van der Waals surface area (Å²) in [6.07, 6.45) is -1.44. The van der Waals surface area contributed by atoms with Gasteiger partial charge in [0.15, 0.2) is 5.82 Å². The Morgan fingerprint density at radius 2 is 1.81 bits per heavy atom. The third-order valence-electron chi connectivity index (χ3n) is 8.34. The maximum Gasteiger partial charge on any atom is 0.416 e. The molecule has 1 saturated heterocycles. The standard InChI is InChI=1S/C31H38F4N6O2/c1-22-7-6-10-27(32)28(22)38-13-11-25(12-14-38)40-21-24-19-39(16-15-37(2)17-18-43-3)36-29(24)41(30(40)42)20-23-8-4-5-9-26(23)31(33,34)35/h4-10,19,25H,11-18,20-21H2,1-3H3. The van der Waals surface area contributed by atoms with Crippen LogP contribution in [0, 0.1) is 12.7 Å². The minimum Gasteiger partial charge on any atom is -0.383 e. The van der Waals surface area contributed by atoms with Crippen LogP contribution >= 0.6 is 0 Å². The highest BCUT2D eigenvalue weighted by molar-refractivity contribution is 5.94. The van der Waals surface area contributed by atoms with Gasteiger partial charge in [-0.1, -0.05) is 30.3 Å². The molecule has 2 aliphatic rings. The Hall–Kier alpha value is -3.64. The molecule has 0 unspecified atom stereocenters. The van der Waals surface area contributed by atoms with Crippen LogP contribution in [0.4, 0.5) is 33.9 Å². The van der Waals surface area contributed by atoms with Gasteiger partial charge in [-0.2, -0.15) is 18.3 Å². The van der Waals surface area contributed by atoms with Gasteiger partial charge in [-0.15, -0.1) is 0 Å². The van der Waals surface area contributed by atoms with Crippen LogP contribution in [0.25, 0.3) is 0 Å². The first-order valence-corrected chi connectivity index (χ1v) is 14.5. The monoisotopic (exact) mass is 602 g/mol. The molecule has 0 saturated carbocycles. The van der Waals surface area contributed by atoms with Gasteiger partial charge in [0, 0.05) is 51.1 Å². The number of likely N-dealkylation sites (N-methyl/N-ethyl adjacent to an activating group) is 1. The molecule has 5 rings (SSSR count). The highest BCUT2D eigenvalue weighted by Gasteiger charge is 2.40. The number of fused-ring (bicyclic) bond motifs is 1. The zero-order valence-electron chi connectivity index (χ0n) is 24.8. The fourth-order valence-electron chi connectivity index (χ4n) is 5.99. The van der Waals surface area contributed by atoms with Crippen LogP contribution in [-0.4, -0.2) is 78.6 Å². The number of para-hydroxylation sites is 1. The van der Waals surface area contributed by atoms with Crippen molar-refractivity contribution in [3.63, 3.8) is 0 Å². The summed E-state index contributed by atoms with van der Waals surface area (Å²) < 4.78 is 63.2. The van der Waals surface area contributed by atoms with E-state index in [4.69, 9.17) is 4.74 Å². The Balaban J connectivity index is 1.39. The number of aryl methyl sites for hydroxylation is 1. The molecular weight excluding hydrogens is 564 g/mol. The number of alkyl halides is 3. The minimum absolute atomic E-state index is 0.00912. The summed E-state index contributed by atoms with van der Waals surface area (Å²) in [6.45, 7) is 5.64. The molecule has 12 heteroatoms. The number of nitrogens with zero attached hydrogens (tertiary/aromatic N) is 6. The molecule has 1 fully saturated rings. The first-order valence-electron chi connectivity index (χ1n) is 14.5. The molecule has 2 aliphatic heterocycles. The highest BCUT2D eigenvalue weighted by atomic mass is 19.4. The van der Waals surface area contributed by atoms with Crippen molar-refractivity contribution in [2.75, 3.05) is 56.7 Å². The second-order valence-corrected chi connectivity index (χ2v) is 11.3. The summed E-state index contributed by atoms with van der Waals surface area (Å²) in [7, 11) is 3.62. The normalized spacial score (nSPS) is 16.4. The molecule has 3 heterocycles. The van der Waals surface area contributed by atoms with Crippen molar-refractivity contribution >= 4 is 17.5 Å². The Morgan fingerprint density at radius 3 is 2.51 bits per heavy atom. The molecular formula is C31H38F4N6O2. The summed E-state index contributed by atoms with van der Waals surface area (Å²) >= 11 is 0. The van der Waals surface area contributed by atoms with E-state index in [1.54, 1.807) is 28.8 Å². The van der Waals surface area contributed by atoms with Gasteiger partial charge >= 0.3 is 12.2 Å². The Kier molecular flexibility index (Phi) is 9.26. The lowest BCUT2D eigenvalue weighted by Gasteiger charge is -2.43. The largest absolute Gasteiger partial charge is 0.416 e. The number of benzene rings is 2. The number of hydrogen-bond donors (Lipinski definition) is 0. The molecule has 0 spiro atoms. The van der Waals surface area contributed by atoms with E-state index in [1.807, 2.05) is 31.1 Å². The number of halogens is 4. The summed E-state index contributed by atoms with van der Waals surface area (Å²) in [4.78, 5) is 21.3. The zero-order chi connectivity index (χ0) is 30.7. The van der Waals surface area contributed by atoms with E-state index in [0.717, 1.165) is 23.7 Å². The molecule has 8 nitrogen and oxygen atoms in total. The van der Waals surface area contributed by atoms with Crippen LogP contribution in [0.3, 0.4) is 0 Å². The molecule has 2 aromatic carbocycles. The molecule has 1 aromatic heterocycles. The van der Waals surface area contributed by atoms with Crippen molar-refractivity contribution in [3.05, 3.63) is 76.7 Å². The fraction of sp³-hybridized carbons (Fsp3) is 0.484. The topological polar surface area (TPSA) is 57.1 Å². The van der Waals surface area contributed by atoms with E-state index in [-0.39, 0.29) is 30.0 Å². The maximum absolute atomic E-state index is 14.7. The van der Waals surface area contributed by atoms with Gasteiger partial charge in [0.25, 0.3) is 0 Å². The van der Waals surface area contributed by atoms with Gasteiger partial charge in [0.05, 0.1) is 37.5 Å². The molecule has 3 aromatic rings. The number of carbonyl (C=O) groups excluding carboxylic acids is 1.